The number of carbonyl (C=O) groups is 2. The molecule has 1 saturated heterocycles. The first kappa shape index (κ1) is 21.5. The Bertz CT molecular complexity index is 554. The zero-order chi connectivity index (χ0) is 17.8. The molecule has 26 heavy (non-hydrogen) atoms. The molecule has 0 aromatic heterocycles. The zero-order valence-corrected chi connectivity index (χ0v) is 18.6. The third-order valence-corrected chi connectivity index (χ3v) is 6.01. The van der Waals surface area contributed by atoms with E-state index in [0.29, 0.717) is 13.1 Å². The third kappa shape index (κ3) is 4.37. The molecule has 2 N–H and O–H groups in total. The fraction of sp³-hybridized carbons (Fsp3) is 0.722. The van der Waals surface area contributed by atoms with Gasteiger partial charge in [-0.1, -0.05) is 12.2 Å². The van der Waals surface area contributed by atoms with Crippen molar-refractivity contribution < 1.29 is 9.59 Å². The number of imide groups is 1. The van der Waals surface area contributed by atoms with Gasteiger partial charge in [-0.25, -0.2) is 0 Å². The molecule has 4 unspecified atom stereocenters. The molecular weight excluding hydrogens is 463 g/mol. The Labute approximate surface area is 177 Å². The minimum Gasteiger partial charge on any atom is -0.357 e. The summed E-state index contributed by atoms with van der Waals surface area (Å²) < 4.78 is 0. The number of likely N-dealkylation sites (tertiary alicyclic amines) is 1. The van der Waals surface area contributed by atoms with Gasteiger partial charge < -0.3 is 10.6 Å². The Morgan fingerprint density at radius 3 is 2.46 bits per heavy atom. The number of guanidine groups is 1. The smallest absolute Gasteiger partial charge is 0.233 e. The van der Waals surface area contributed by atoms with Crippen LogP contribution in [0.3, 0.4) is 0 Å². The van der Waals surface area contributed by atoms with E-state index in [2.05, 4.69) is 34.0 Å². The maximum atomic E-state index is 12.6. The van der Waals surface area contributed by atoms with Gasteiger partial charge in [0, 0.05) is 26.2 Å². The summed E-state index contributed by atoms with van der Waals surface area (Å²) in [6.45, 7) is 4.54. The lowest BCUT2D eigenvalue weighted by Gasteiger charge is -2.18. The largest absolute Gasteiger partial charge is 0.357 e. The number of fused-ring (bicyclic) bond motifs is 5. The van der Waals surface area contributed by atoms with Gasteiger partial charge in [-0.05, 0) is 43.6 Å². The molecule has 1 aliphatic heterocycles. The Hall–Kier alpha value is -0.770. The van der Waals surface area contributed by atoms with E-state index in [-0.39, 0.29) is 59.5 Å². The van der Waals surface area contributed by atoms with Crippen molar-refractivity contribution in [2.24, 2.45) is 28.7 Å². The molecule has 2 aliphatic carbocycles. The predicted molar refractivity (Wildman–Crippen MR) is 117 cm³/mol. The second kappa shape index (κ2) is 9.96. The van der Waals surface area contributed by atoms with Gasteiger partial charge in [0.2, 0.25) is 11.8 Å². The monoisotopic (exact) mass is 492 g/mol. The van der Waals surface area contributed by atoms with E-state index in [4.69, 9.17) is 0 Å². The van der Waals surface area contributed by atoms with Crippen molar-refractivity contribution in [2.75, 3.05) is 38.2 Å². The van der Waals surface area contributed by atoms with Crippen molar-refractivity contribution in [3.63, 3.8) is 0 Å². The normalized spacial score (nSPS) is 29.2. The van der Waals surface area contributed by atoms with Crippen LogP contribution >= 0.6 is 35.7 Å². The highest BCUT2D eigenvalue weighted by molar-refractivity contribution is 14.0. The average molecular weight is 492 g/mol. The lowest BCUT2D eigenvalue weighted by Crippen LogP contribution is -2.43. The molecule has 146 valence electrons. The van der Waals surface area contributed by atoms with E-state index >= 15 is 0 Å². The summed E-state index contributed by atoms with van der Waals surface area (Å²) in [6, 6.07) is 0. The van der Waals surface area contributed by atoms with Crippen LogP contribution in [0.2, 0.25) is 0 Å². The summed E-state index contributed by atoms with van der Waals surface area (Å²) >= 11 is 1.82. The minimum absolute atomic E-state index is 0. The lowest BCUT2D eigenvalue weighted by atomic mass is 9.85. The standard InChI is InChI=1S/C18H28N4O2S.HI/c1-3-19-18(20-7-4-10-25-2)21-8-9-22-16(23)14-12-5-6-13(11-12)15(14)17(22)24;/h5-6,12-15H,3-4,7-11H2,1-2H3,(H2,19,20,21);1H. The molecule has 3 aliphatic rings. The molecule has 2 amide bonds. The summed E-state index contributed by atoms with van der Waals surface area (Å²) in [4.78, 5) is 31.2. The van der Waals surface area contributed by atoms with E-state index < -0.39 is 0 Å². The fourth-order valence-corrected chi connectivity index (χ4v) is 4.63. The molecule has 3 rings (SSSR count). The van der Waals surface area contributed by atoms with Crippen LogP contribution in [-0.4, -0.2) is 60.9 Å². The molecule has 0 aromatic carbocycles. The summed E-state index contributed by atoms with van der Waals surface area (Å²) in [5.41, 5.74) is 0. The zero-order valence-electron chi connectivity index (χ0n) is 15.4. The fourth-order valence-electron chi connectivity index (χ4n) is 4.21. The summed E-state index contributed by atoms with van der Waals surface area (Å²) in [5.74, 6) is 2.25. The van der Waals surface area contributed by atoms with E-state index in [0.717, 1.165) is 37.6 Å². The van der Waals surface area contributed by atoms with Crippen molar-refractivity contribution in [2.45, 2.75) is 19.8 Å². The van der Waals surface area contributed by atoms with Gasteiger partial charge in [0.05, 0.1) is 11.8 Å². The van der Waals surface area contributed by atoms with E-state index in [1.165, 1.54) is 4.90 Å². The van der Waals surface area contributed by atoms with Crippen LogP contribution < -0.4 is 10.6 Å². The van der Waals surface area contributed by atoms with Crippen LogP contribution in [0.5, 0.6) is 0 Å². The number of aliphatic imine (C=N–C) groups is 1. The highest BCUT2D eigenvalue weighted by Crippen LogP contribution is 2.52. The van der Waals surface area contributed by atoms with Gasteiger partial charge in [-0.3, -0.25) is 19.5 Å². The third-order valence-electron chi connectivity index (χ3n) is 5.31. The van der Waals surface area contributed by atoms with Crippen molar-refractivity contribution in [1.82, 2.24) is 15.5 Å². The van der Waals surface area contributed by atoms with Gasteiger partial charge in [0.1, 0.15) is 0 Å². The van der Waals surface area contributed by atoms with Gasteiger partial charge in [0.15, 0.2) is 5.96 Å². The number of amides is 2. The van der Waals surface area contributed by atoms with Crippen molar-refractivity contribution in [3.05, 3.63) is 12.2 Å². The van der Waals surface area contributed by atoms with Crippen LogP contribution in [0.1, 0.15) is 19.8 Å². The first-order valence-corrected chi connectivity index (χ1v) is 10.6. The molecule has 4 atom stereocenters. The number of carbonyl (C=O) groups excluding carboxylic acids is 2. The minimum atomic E-state index is -0.101. The number of nitrogens with one attached hydrogen (secondary N) is 2. The first-order valence-electron chi connectivity index (χ1n) is 9.22. The molecule has 2 fully saturated rings. The topological polar surface area (TPSA) is 73.8 Å². The van der Waals surface area contributed by atoms with Gasteiger partial charge in [-0.2, -0.15) is 11.8 Å². The summed E-state index contributed by atoms with van der Waals surface area (Å²) in [7, 11) is 0. The second-order valence-electron chi connectivity index (χ2n) is 6.86. The van der Waals surface area contributed by atoms with Crippen molar-refractivity contribution in [3.8, 4) is 0 Å². The van der Waals surface area contributed by atoms with Crippen LogP contribution in [0.25, 0.3) is 0 Å². The molecule has 0 aromatic rings. The SMILES string of the molecule is CCNC(=NCCCSC)NCCN1C(=O)C2C3C=CC(C3)C2C1=O.I. The number of allylic oxidation sites excluding steroid dienone is 2. The molecule has 6 nitrogen and oxygen atoms in total. The molecule has 0 spiro atoms. The molecule has 2 bridgehead atoms. The Morgan fingerprint density at radius 1 is 1.23 bits per heavy atom. The molecule has 1 heterocycles. The first-order chi connectivity index (χ1) is 12.2. The second-order valence-corrected chi connectivity index (χ2v) is 7.85. The Balaban J connectivity index is 0.00000243. The Kier molecular flexibility index (Phi) is 8.25. The van der Waals surface area contributed by atoms with Crippen LogP contribution in [0.15, 0.2) is 17.1 Å². The van der Waals surface area contributed by atoms with E-state index in [1.807, 2.05) is 18.7 Å². The number of thioether (sulfide) groups is 1. The average Bonchev–Trinajstić information content (AvgIpc) is 3.28. The quantitative estimate of drug-likeness (QED) is 0.135. The highest BCUT2D eigenvalue weighted by Gasteiger charge is 2.58. The van der Waals surface area contributed by atoms with Crippen LogP contribution in [0, 0.1) is 23.7 Å². The molecule has 0 radical (unpaired) electrons. The molecular formula is C18H29IN4O2S. The maximum Gasteiger partial charge on any atom is 0.233 e. The number of hydrogen-bond acceptors (Lipinski definition) is 4. The number of hydrogen-bond donors (Lipinski definition) is 2. The summed E-state index contributed by atoms with van der Waals surface area (Å²) in [5, 5.41) is 6.44. The Morgan fingerprint density at radius 2 is 1.88 bits per heavy atom. The predicted octanol–water partition coefficient (Wildman–Crippen LogP) is 1.72. The number of nitrogens with zero attached hydrogens (tertiary/aromatic N) is 2. The van der Waals surface area contributed by atoms with E-state index in [9.17, 15) is 9.59 Å². The molecule has 1 saturated carbocycles. The van der Waals surface area contributed by atoms with Crippen molar-refractivity contribution in [1.29, 1.82) is 0 Å². The van der Waals surface area contributed by atoms with Crippen LogP contribution in [-0.2, 0) is 9.59 Å². The number of halogens is 1. The van der Waals surface area contributed by atoms with E-state index in [1.54, 1.807) is 0 Å². The summed E-state index contributed by atoms with van der Waals surface area (Å²) in [6.07, 6.45) is 8.37. The van der Waals surface area contributed by atoms with Gasteiger partial charge in [0.25, 0.3) is 0 Å². The highest BCUT2D eigenvalue weighted by atomic mass is 127. The number of rotatable bonds is 8. The van der Waals surface area contributed by atoms with Crippen molar-refractivity contribution >= 4 is 53.5 Å². The maximum absolute atomic E-state index is 12.6. The lowest BCUT2D eigenvalue weighted by molar-refractivity contribution is -0.140. The van der Waals surface area contributed by atoms with Gasteiger partial charge in [-0.15, -0.1) is 24.0 Å². The van der Waals surface area contributed by atoms with Gasteiger partial charge >= 0.3 is 0 Å². The molecule has 8 heteroatoms. The van der Waals surface area contributed by atoms with Crippen LogP contribution in [0.4, 0.5) is 0 Å².